The monoisotopic (exact) mass is 291 g/mol. The van der Waals surface area contributed by atoms with E-state index in [0.29, 0.717) is 5.56 Å². The Hall–Kier alpha value is -1.79. The van der Waals surface area contributed by atoms with Crippen molar-refractivity contribution in [2.75, 3.05) is 39.8 Å². The van der Waals surface area contributed by atoms with Crippen molar-refractivity contribution in [1.29, 1.82) is 0 Å². The van der Waals surface area contributed by atoms with Gasteiger partial charge in [-0.3, -0.25) is 19.8 Å². The summed E-state index contributed by atoms with van der Waals surface area (Å²) in [7, 11) is 1.91. The Labute approximate surface area is 124 Å². The number of ketones is 1. The predicted octanol–water partition coefficient (Wildman–Crippen LogP) is 1.81. The lowest BCUT2D eigenvalue weighted by Crippen LogP contribution is -2.34. The van der Waals surface area contributed by atoms with Gasteiger partial charge in [-0.25, -0.2) is 0 Å². The summed E-state index contributed by atoms with van der Waals surface area (Å²) in [5.41, 5.74) is 0.359. The molecular weight excluding hydrogens is 270 g/mol. The van der Waals surface area contributed by atoms with Gasteiger partial charge in [0.25, 0.3) is 5.69 Å². The van der Waals surface area contributed by atoms with Crippen LogP contribution < -0.4 is 0 Å². The highest BCUT2D eigenvalue weighted by atomic mass is 16.6. The quantitative estimate of drug-likeness (QED) is 0.435. The zero-order valence-corrected chi connectivity index (χ0v) is 12.3. The van der Waals surface area contributed by atoms with Crippen LogP contribution in [0.2, 0.25) is 0 Å². The second kappa shape index (κ2) is 7.28. The van der Waals surface area contributed by atoms with Crippen LogP contribution in [0.15, 0.2) is 24.3 Å². The molecule has 0 bridgehead atoms. The van der Waals surface area contributed by atoms with Crippen LogP contribution in [0, 0.1) is 10.1 Å². The zero-order chi connectivity index (χ0) is 15.2. The summed E-state index contributed by atoms with van der Waals surface area (Å²) in [6, 6.07) is 5.92. The lowest BCUT2D eigenvalue weighted by atomic mass is 10.1. The molecular formula is C15H21N3O3. The number of Topliss-reactive ketones (excluding diaryl/α,β-unsaturated/α-hetero) is 1. The van der Waals surface area contributed by atoms with Crippen LogP contribution in [-0.2, 0) is 0 Å². The van der Waals surface area contributed by atoms with Crippen molar-refractivity contribution in [2.24, 2.45) is 0 Å². The maximum absolute atomic E-state index is 12.1. The minimum absolute atomic E-state index is 0.0411. The van der Waals surface area contributed by atoms with Crippen molar-refractivity contribution < 1.29 is 9.72 Å². The molecule has 1 aromatic rings. The summed E-state index contributed by atoms with van der Waals surface area (Å²) in [6.45, 7) is 4.38. The van der Waals surface area contributed by atoms with Crippen LogP contribution >= 0.6 is 0 Å². The first kappa shape index (κ1) is 15.6. The first-order valence-electron chi connectivity index (χ1n) is 7.25. The Bertz CT molecular complexity index is 513. The summed E-state index contributed by atoms with van der Waals surface area (Å²) in [5.74, 6) is -0.0809. The number of non-ortho nitro benzene ring substituents is 1. The van der Waals surface area contributed by atoms with E-state index in [1.54, 1.807) is 12.1 Å². The topological polar surface area (TPSA) is 66.7 Å². The van der Waals surface area contributed by atoms with Gasteiger partial charge in [0.05, 0.1) is 11.5 Å². The van der Waals surface area contributed by atoms with Crippen molar-refractivity contribution >= 4 is 11.5 Å². The molecule has 1 heterocycles. The van der Waals surface area contributed by atoms with Gasteiger partial charge in [-0.2, -0.15) is 0 Å². The van der Waals surface area contributed by atoms with E-state index in [4.69, 9.17) is 0 Å². The number of hydrogen-bond acceptors (Lipinski definition) is 5. The van der Waals surface area contributed by atoms with E-state index in [-0.39, 0.29) is 18.0 Å². The molecule has 1 fully saturated rings. The molecule has 1 saturated heterocycles. The summed E-state index contributed by atoms with van der Waals surface area (Å²) in [6.07, 6.45) is 2.52. The van der Waals surface area contributed by atoms with E-state index in [2.05, 4.69) is 4.90 Å². The number of likely N-dealkylation sites (N-methyl/N-ethyl adjacent to an activating group) is 1. The molecule has 0 spiro atoms. The van der Waals surface area contributed by atoms with Gasteiger partial charge in [-0.15, -0.1) is 0 Å². The van der Waals surface area contributed by atoms with Crippen molar-refractivity contribution in [3.63, 3.8) is 0 Å². The molecule has 0 aliphatic carbocycles. The number of nitro benzene ring substituents is 1. The second-order valence-electron chi connectivity index (χ2n) is 5.52. The van der Waals surface area contributed by atoms with Gasteiger partial charge in [0.1, 0.15) is 0 Å². The molecule has 1 aliphatic rings. The molecule has 0 saturated carbocycles. The van der Waals surface area contributed by atoms with Gasteiger partial charge in [0.15, 0.2) is 5.78 Å². The smallest absolute Gasteiger partial charge is 0.270 e. The van der Waals surface area contributed by atoms with Crippen molar-refractivity contribution in [2.45, 2.75) is 12.8 Å². The van der Waals surface area contributed by atoms with E-state index in [1.807, 2.05) is 11.9 Å². The number of benzene rings is 1. The molecule has 0 N–H and O–H groups in total. The van der Waals surface area contributed by atoms with E-state index in [0.717, 1.165) is 26.2 Å². The molecule has 0 aromatic heterocycles. The fourth-order valence-corrected chi connectivity index (χ4v) is 2.53. The SMILES string of the molecule is CN(CCN1CCCC1)CC(=O)c1cccc([N+](=O)[O-])c1. The van der Waals surface area contributed by atoms with Gasteiger partial charge in [0, 0.05) is 30.8 Å². The molecule has 21 heavy (non-hydrogen) atoms. The lowest BCUT2D eigenvalue weighted by Gasteiger charge is -2.20. The first-order chi connectivity index (χ1) is 10.1. The van der Waals surface area contributed by atoms with Gasteiger partial charge >= 0.3 is 0 Å². The van der Waals surface area contributed by atoms with Crippen LogP contribution in [0.3, 0.4) is 0 Å². The summed E-state index contributed by atoms with van der Waals surface area (Å²) in [5, 5.41) is 10.7. The molecule has 0 atom stereocenters. The fourth-order valence-electron chi connectivity index (χ4n) is 2.53. The lowest BCUT2D eigenvalue weighted by molar-refractivity contribution is -0.384. The Balaban J connectivity index is 1.85. The predicted molar refractivity (Wildman–Crippen MR) is 80.6 cm³/mol. The van der Waals surface area contributed by atoms with E-state index >= 15 is 0 Å². The van der Waals surface area contributed by atoms with Crippen LogP contribution in [0.4, 0.5) is 5.69 Å². The third-order valence-electron chi connectivity index (χ3n) is 3.79. The number of hydrogen-bond donors (Lipinski definition) is 0. The van der Waals surface area contributed by atoms with Crippen molar-refractivity contribution in [3.05, 3.63) is 39.9 Å². The molecule has 1 aliphatic heterocycles. The van der Waals surface area contributed by atoms with Gasteiger partial charge in [0.2, 0.25) is 0 Å². The number of rotatable bonds is 7. The second-order valence-corrected chi connectivity index (χ2v) is 5.52. The average molecular weight is 291 g/mol. The molecule has 1 aromatic carbocycles. The fraction of sp³-hybridized carbons (Fsp3) is 0.533. The molecule has 0 amide bonds. The number of likely N-dealkylation sites (tertiary alicyclic amines) is 1. The summed E-state index contributed by atoms with van der Waals surface area (Å²) in [4.78, 5) is 26.8. The van der Waals surface area contributed by atoms with Gasteiger partial charge in [-0.1, -0.05) is 12.1 Å². The van der Waals surface area contributed by atoms with Gasteiger partial charge < -0.3 is 4.90 Å². The standard InChI is InChI=1S/C15H21N3O3/c1-16(9-10-17-7-2-3-8-17)12-15(19)13-5-4-6-14(11-13)18(20)21/h4-6,11H,2-3,7-10,12H2,1H3. The zero-order valence-electron chi connectivity index (χ0n) is 12.3. The average Bonchev–Trinajstić information content (AvgIpc) is 2.98. The number of carbonyl (C=O) groups is 1. The highest BCUT2D eigenvalue weighted by Crippen LogP contribution is 2.14. The Morgan fingerprint density at radius 3 is 2.76 bits per heavy atom. The van der Waals surface area contributed by atoms with Crippen molar-refractivity contribution in [1.82, 2.24) is 9.80 Å². The minimum Gasteiger partial charge on any atom is -0.302 e. The molecule has 0 radical (unpaired) electrons. The molecule has 114 valence electrons. The highest BCUT2D eigenvalue weighted by Gasteiger charge is 2.15. The molecule has 0 unspecified atom stereocenters. The summed E-state index contributed by atoms with van der Waals surface area (Å²) >= 11 is 0. The molecule has 2 rings (SSSR count). The first-order valence-corrected chi connectivity index (χ1v) is 7.25. The van der Waals surface area contributed by atoms with E-state index < -0.39 is 4.92 Å². The van der Waals surface area contributed by atoms with Crippen LogP contribution in [0.5, 0.6) is 0 Å². The maximum Gasteiger partial charge on any atom is 0.270 e. The maximum atomic E-state index is 12.1. The Morgan fingerprint density at radius 1 is 1.38 bits per heavy atom. The third kappa shape index (κ3) is 4.61. The van der Waals surface area contributed by atoms with E-state index in [9.17, 15) is 14.9 Å². The minimum atomic E-state index is -0.478. The Kier molecular flexibility index (Phi) is 5.41. The van der Waals surface area contributed by atoms with Crippen LogP contribution in [0.1, 0.15) is 23.2 Å². The van der Waals surface area contributed by atoms with Gasteiger partial charge in [-0.05, 0) is 33.0 Å². The number of nitro groups is 1. The van der Waals surface area contributed by atoms with Crippen molar-refractivity contribution in [3.8, 4) is 0 Å². The Morgan fingerprint density at radius 2 is 2.10 bits per heavy atom. The largest absolute Gasteiger partial charge is 0.302 e. The third-order valence-corrected chi connectivity index (χ3v) is 3.79. The van der Waals surface area contributed by atoms with Crippen LogP contribution in [0.25, 0.3) is 0 Å². The normalized spacial score (nSPS) is 15.5. The molecule has 6 nitrogen and oxygen atoms in total. The summed E-state index contributed by atoms with van der Waals surface area (Å²) < 4.78 is 0. The number of nitrogens with zero attached hydrogens (tertiary/aromatic N) is 3. The number of carbonyl (C=O) groups excluding carboxylic acids is 1. The van der Waals surface area contributed by atoms with E-state index in [1.165, 1.54) is 25.0 Å². The molecule has 6 heteroatoms. The van der Waals surface area contributed by atoms with Crippen LogP contribution in [-0.4, -0.2) is 60.3 Å². The highest BCUT2D eigenvalue weighted by molar-refractivity contribution is 5.98.